The van der Waals surface area contributed by atoms with Crippen molar-refractivity contribution >= 4 is 0 Å². The summed E-state index contributed by atoms with van der Waals surface area (Å²) in [5.74, 6) is -0.359. The molecule has 0 spiro atoms. The third-order valence-corrected chi connectivity index (χ3v) is 5.22. The highest BCUT2D eigenvalue weighted by atomic mass is 19.1. The maximum atomic E-state index is 13.8. The highest BCUT2D eigenvalue weighted by Crippen LogP contribution is 2.26. The lowest BCUT2D eigenvalue weighted by molar-refractivity contribution is 0.0296. The van der Waals surface area contributed by atoms with Crippen molar-refractivity contribution in [2.75, 3.05) is 20.3 Å². The van der Waals surface area contributed by atoms with Gasteiger partial charge in [0.15, 0.2) is 11.6 Å². The minimum atomic E-state index is -0.685. The SMILES string of the molecule is C[C@@H](c1nc(-c2cc(F)cc(F)c2)nc(-n2cccn2)n1)N(C)C1CCOCC1. The number of ether oxygens (including phenoxy) is 1. The predicted molar refractivity (Wildman–Crippen MR) is 102 cm³/mol. The Morgan fingerprint density at radius 3 is 2.48 bits per heavy atom. The second kappa shape index (κ2) is 8.30. The number of rotatable bonds is 5. The number of aromatic nitrogens is 5. The second-order valence-electron chi connectivity index (χ2n) is 7.11. The van der Waals surface area contributed by atoms with Crippen molar-refractivity contribution in [1.29, 1.82) is 0 Å². The minimum absolute atomic E-state index is 0.132. The summed E-state index contributed by atoms with van der Waals surface area (Å²) >= 11 is 0. The van der Waals surface area contributed by atoms with Gasteiger partial charge in [-0.3, -0.25) is 4.90 Å². The van der Waals surface area contributed by atoms with Crippen LogP contribution < -0.4 is 0 Å². The number of benzene rings is 1. The Labute approximate surface area is 167 Å². The summed E-state index contributed by atoms with van der Waals surface area (Å²) in [5, 5.41) is 4.18. The molecule has 1 aliphatic rings. The van der Waals surface area contributed by atoms with Crippen LogP contribution in [0.4, 0.5) is 8.78 Å². The van der Waals surface area contributed by atoms with Crippen molar-refractivity contribution in [3.8, 4) is 17.3 Å². The molecule has 0 N–H and O–H groups in total. The molecule has 29 heavy (non-hydrogen) atoms. The van der Waals surface area contributed by atoms with Crippen LogP contribution in [0.25, 0.3) is 17.3 Å². The first-order chi connectivity index (χ1) is 14.0. The average Bonchev–Trinajstić information content (AvgIpc) is 3.27. The van der Waals surface area contributed by atoms with E-state index in [0.717, 1.165) is 32.1 Å². The van der Waals surface area contributed by atoms with Gasteiger partial charge < -0.3 is 4.74 Å². The van der Waals surface area contributed by atoms with E-state index < -0.39 is 11.6 Å². The molecule has 1 fully saturated rings. The summed E-state index contributed by atoms with van der Waals surface area (Å²) in [7, 11) is 2.03. The van der Waals surface area contributed by atoms with Crippen LogP contribution in [0.3, 0.4) is 0 Å². The van der Waals surface area contributed by atoms with Crippen molar-refractivity contribution < 1.29 is 13.5 Å². The zero-order chi connectivity index (χ0) is 20.4. The lowest BCUT2D eigenvalue weighted by Crippen LogP contribution is -2.38. The van der Waals surface area contributed by atoms with Gasteiger partial charge in [0, 0.05) is 43.3 Å². The fourth-order valence-corrected chi connectivity index (χ4v) is 3.46. The molecule has 3 aromatic rings. The van der Waals surface area contributed by atoms with Crippen molar-refractivity contribution in [2.45, 2.75) is 31.8 Å². The van der Waals surface area contributed by atoms with Crippen LogP contribution >= 0.6 is 0 Å². The lowest BCUT2D eigenvalue weighted by Gasteiger charge is -2.34. The summed E-state index contributed by atoms with van der Waals surface area (Å²) in [4.78, 5) is 15.7. The fraction of sp³-hybridized carbons (Fsp3) is 0.400. The molecule has 7 nitrogen and oxygen atoms in total. The van der Waals surface area contributed by atoms with E-state index in [9.17, 15) is 8.78 Å². The number of hydrogen-bond donors (Lipinski definition) is 0. The van der Waals surface area contributed by atoms with Gasteiger partial charge in [0.05, 0.1) is 6.04 Å². The maximum Gasteiger partial charge on any atom is 0.254 e. The first kappa shape index (κ1) is 19.5. The van der Waals surface area contributed by atoms with E-state index in [4.69, 9.17) is 4.74 Å². The van der Waals surface area contributed by atoms with Crippen LogP contribution in [0, 0.1) is 11.6 Å². The van der Waals surface area contributed by atoms with Crippen molar-refractivity contribution in [2.24, 2.45) is 0 Å². The van der Waals surface area contributed by atoms with Crippen LogP contribution in [0.1, 0.15) is 31.6 Å². The molecule has 1 aromatic carbocycles. The van der Waals surface area contributed by atoms with Gasteiger partial charge in [-0.2, -0.15) is 15.1 Å². The van der Waals surface area contributed by atoms with Crippen LogP contribution in [0.15, 0.2) is 36.7 Å². The van der Waals surface area contributed by atoms with E-state index in [-0.39, 0.29) is 17.4 Å². The molecule has 0 saturated carbocycles. The highest BCUT2D eigenvalue weighted by molar-refractivity contribution is 5.55. The normalized spacial score (nSPS) is 16.3. The van der Waals surface area contributed by atoms with Crippen LogP contribution in [-0.2, 0) is 4.74 Å². The standard InChI is InChI=1S/C20H22F2N6O/c1-13(27(2)17-4-8-29-9-5-17)18-24-19(14-10-15(21)12-16(22)11-14)26-20(25-18)28-7-3-6-23-28/h3,6-7,10-13,17H,4-5,8-9H2,1-2H3/t13-/m0/s1. The van der Waals surface area contributed by atoms with Crippen molar-refractivity contribution in [3.05, 3.63) is 54.1 Å². The summed E-state index contributed by atoms with van der Waals surface area (Å²) in [6, 6.07) is 5.21. The Hall–Kier alpha value is -2.78. The minimum Gasteiger partial charge on any atom is -0.381 e. The molecule has 0 bridgehead atoms. The molecule has 0 radical (unpaired) electrons. The Kier molecular flexibility index (Phi) is 5.59. The second-order valence-corrected chi connectivity index (χ2v) is 7.11. The van der Waals surface area contributed by atoms with Crippen LogP contribution in [-0.4, -0.2) is 55.9 Å². The Morgan fingerprint density at radius 1 is 1.10 bits per heavy atom. The van der Waals surface area contributed by atoms with E-state index in [2.05, 4.69) is 25.0 Å². The summed E-state index contributed by atoms with van der Waals surface area (Å²) < 4.78 is 34.5. The van der Waals surface area contributed by atoms with Gasteiger partial charge in [-0.25, -0.2) is 18.4 Å². The van der Waals surface area contributed by atoms with E-state index in [1.807, 2.05) is 14.0 Å². The van der Waals surface area contributed by atoms with Gasteiger partial charge in [-0.05, 0) is 45.0 Å². The molecule has 1 atom stereocenters. The zero-order valence-electron chi connectivity index (χ0n) is 16.3. The quantitative estimate of drug-likeness (QED) is 0.655. The number of halogens is 2. The monoisotopic (exact) mass is 400 g/mol. The van der Waals surface area contributed by atoms with Crippen LogP contribution in [0.5, 0.6) is 0 Å². The van der Waals surface area contributed by atoms with Crippen molar-refractivity contribution in [1.82, 2.24) is 29.6 Å². The molecular weight excluding hydrogens is 378 g/mol. The third-order valence-electron chi connectivity index (χ3n) is 5.22. The third kappa shape index (κ3) is 4.30. The molecular formula is C20H22F2N6O. The maximum absolute atomic E-state index is 13.8. The topological polar surface area (TPSA) is 69.0 Å². The van der Waals surface area contributed by atoms with Gasteiger partial charge in [0.1, 0.15) is 11.6 Å². The Bertz CT molecular complexity index is 955. The van der Waals surface area contributed by atoms with Crippen molar-refractivity contribution in [3.63, 3.8) is 0 Å². The highest BCUT2D eigenvalue weighted by Gasteiger charge is 2.26. The van der Waals surface area contributed by atoms with E-state index >= 15 is 0 Å². The number of hydrogen-bond acceptors (Lipinski definition) is 6. The van der Waals surface area contributed by atoms with Gasteiger partial charge in [-0.15, -0.1) is 0 Å². The van der Waals surface area contributed by atoms with Gasteiger partial charge in [0.2, 0.25) is 0 Å². The summed E-state index contributed by atoms with van der Waals surface area (Å²) in [5.41, 5.74) is 0.250. The molecule has 3 heterocycles. The number of nitrogens with zero attached hydrogens (tertiary/aromatic N) is 6. The molecule has 2 aromatic heterocycles. The summed E-state index contributed by atoms with van der Waals surface area (Å²) in [6.45, 7) is 3.46. The molecule has 152 valence electrons. The predicted octanol–water partition coefficient (Wildman–Crippen LogP) is 3.17. The fourth-order valence-electron chi connectivity index (χ4n) is 3.46. The van der Waals surface area contributed by atoms with E-state index in [1.54, 1.807) is 18.5 Å². The first-order valence-electron chi connectivity index (χ1n) is 9.53. The van der Waals surface area contributed by atoms with E-state index in [1.165, 1.54) is 16.8 Å². The Morgan fingerprint density at radius 2 is 1.83 bits per heavy atom. The molecule has 9 heteroatoms. The lowest BCUT2D eigenvalue weighted by atomic mass is 10.1. The molecule has 4 rings (SSSR count). The summed E-state index contributed by atoms with van der Waals surface area (Å²) in [6.07, 6.45) is 5.18. The largest absolute Gasteiger partial charge is 0.381 e. The molecule has 1 aliphatic heterocycles. The molecule has 1 saturated heterocycles. The van der Waals surface area contributed by atoms with Gasteiger partial charge in [0.25, 0.3) is 5.95 Å². The first-order valence-corrected chi connectivity index (χ1v) is 9.53. The molecule has 0 aliphatic carbocycles. The van der Waals surface area contributed by atoms with Gasteiger partial charge >= 0.3 is 0 Å². The van der Waals surface area contributed by atoms with Gasteiger partial charge in [-0.1, -0.05) is 0 Å². The Balaban J connectivity index is 1.75. The molecule has 0 amide bonds. The molecule has 0 unspecified atom stereocenters. The van der Waals surface area contributed by atoms with E-state index in [0.29, 0.717) is 17.8 Å². The average molecular weight is 400 g/mol. The smallest absolute Gasteiger partial charge is 0.254 e. The van der Waals surface area contributed by atoms with Crippen LogP contribution in [0.2, 0.25) is 0 Å². The zero-order valence-corrected chi connectivity index (χ0v) is 16.3.